The van der Waals surface area contributed by atoms with Crippen LogP contribution in [0.25, 0.3) is 0 Å². The summed E-state index contributed by atoms with van der Waals surface area (Å²) < 4.78 is 33.2. The number of hydrogen-bond donors (Lipinski definition) is 0. The molecule has 160 valence electrons. The van der Waals surface area contributed by atoms with Gasteiger partial charge in [0.2, 0.25) is 15.9 Å². The summed E-state index contributed by atoms with van der Waals surface area (Å²) in [6, 6.07) is 13.7. The van der Waals surface area contributed by atoms with Gasteiger partial charge in [0, 0.05) is 37.1 Å². The number of rotatable bonds is 5. The largest absolute Gasteiger partial charge is 0.497 e. The molecule has 2 aromatic carbocycles. The Bertz CT molecular complexity index is 1000. The fourth-order valence-corrected chi connectivity index (χ4v) is 5.95. The highest BCUT2D eigenvalue weighted by molar-refractivity contribution is 7.89. The number of likely N-dealkylation sites (tertiary alicyclic amines) is 1. The maximum absolute atomic E-state index is 13.3. The molecule has 0 radical (unpaired) electrons. The first-order valence-corrected chi connectivity index (χ1v) is 11.9. The number of benzene rings is 2. The SMILES string of the molecule is COc1ccc(C2CN(S(=O)(=O)c3ccc(Cl)cc3)CC2C(=O)N2CCCC2)cc1. The second-order valence-corrected chi connectivity index (χ2v) is 10.2. The maximum atomic E-state index is 13.3. The van der Waals surface area contributed by atoms with Crippen LogP contribution in [0.4, 0.5) is 0 Å². The quantitative estimate of drug-likeness (QED) is 0.703. The molecule has 0 N–H and O–H groups in total. The first-order chi connectivity index (χ1) is 14.4. The van der Waals surface area contributed by atoms with Crippen LogP contribution in [-0.2, 0) is 14.8 Å². The second kappa shape index (κ2) is 8.57. The van der Waals surface area contributed by atoms with Gasteiger partial charge in [-0.25, -0.2) is 8.42 Å². The van der Waals surface area contributed by atoms with E-state index in [-0.39, 0.29) is 29.8 Å². The van der Waals surface area contributed by atoms with Crippen LogP contribution in [0, 0.1) is 5.92 Å². The molecule has 2 saturated heterocycles. The fourth-order valence-electron chi connectivity index (χ4n) is 4.33. The van der Waals surface area contributed by atoms with Gasteiger partial charge in [-0.05, 0) is 54.8 Å². The van der Waals surface area contributed by atoms with Crippen LogP contribution in [0.3, 0.4) is 0 Å². The van der Waals surface area contributed by atoms with Crippen molar-refractivity contribution in [2.45, 2.75) is 23.7 Å². The third-order valence-corrected chi connectivity index (χ3v) is 8.11. The topological polar surface area (TPSA) is 66.9 Å². The van der Waals surface area contributed by atoms with Gasteiger partial charge in [-0.1, -0.05) is 23.7 Å². The van der Waals surface area contributed by atoms with Crippen molar-refractivity contribution in [3.05, 3.63) is 59.1 Å². The smallest absolute Gasteiger partial charge is 0.243 e. The molecule has 2 atom stereocenters. The van der Waals surface area contributed by atoms with Gasteiger partial charge in [0.05, 0.1) is 17.9 Å². The summed E-state index contributed by atoms with van der Waals surface area (Å²) in [6.07, 6.45) is 2.00. The number of sulfonamides is 1. The van der Waals surface area contributed by atoms with E-state index in [0.717, 1.165) is 37.2 Å². The fraction of sp³-hybridized carbons (Fsp3) is 0.409. The van der Waals surface area contributed by atoms with Crippen molar-refractivity contribution in [3.63, 3.8) is 0 Å². The van der Waals surface area contributed by atoms with Crippen LogP contribution in [-0.4, -0.2) is 56.8 Å². The lowest BCUT2D eigenvalue weighted by Gasteiger charge is -2.24. The molecule has 0 saturated carbocycles. The van der Waals surface area contributed by atoms with Crippen molar-refractivity contribution < 1.29 is 17.9 Å². The average Bonchev–Trinajstić information content (AvgIpc) is 3.44. The zero-order valence-corrected chi connectivity index (χ0v) is 18.4. The summed E-state index contributed by atoms with van der Waals surface area (Å²) in [5.74, 6) is 0.164. The summed E-state index contributed by atoms with van der Waals surface area (Å²) in [4.78, 5) is 15.3. The van der Waals surface area contributed by atoms with E-state index in [0.29, 0.717) is 5.02 Å². The van der Waals surface area contributed by atoms with Crippen molar-refractivity contribution in [3.8, 4) is 5.75 Å². The zero-order valence-electron chi connectivity index (χ0n) is 16.8. The van der Waals surface area contributed by atoms with E-state index in [2.05, 4.69) is 0 Å². The van der Waals surface area contributed by atoms with Crippen molar-refractivity contribution in [2.24, 2.45) is 5.92 Å². The van der Waals surface area contributed by atoms with Gasteiger partial charge in [0.1, 0.15) is 5.75 Å². The number of amides is 1. The maximum Gasteiger partial charge on any atom is 0.243 e. The molecule has 2 fully saturated rings. The van der Waals surface area contributed by atoms with Gasteiger partial charge in [0.25, 0.3) is 0 Å². The number of nitrogens with zero attached hydrogens (tertiary/aromatic N) is 2. The van der Waals surface area contributed by atoms with E-state index in [1.54, 1.807) is 19.2 Å². The van der Waals surface area contributed by atoms with Crippen molar-refractivity contribution in [1.29, 1.82) is 0 Å². The molecule has 2 heterocycles. The molecule has 2 aliphatic heterocycles. The molecular formula is C22H25ClN2O4S. The Morgan fingerprint density at radius 3 is 2.23 bits per heavy atom. The molecule has 0 spiro atoms. The minimum Gasteiger partial charge on any atom is -0.497 e. The average molecular weight is 449 g/mol. The third-order valence-electron chi connectivity index (χ3n) is 6.02. The Morgan fingerprint density at radius 1 is 1.00 bits per heavy atom. The first-order valence-electron chi connectivity index (χ1n) is 10.1. The van der Waals surface area contributed by atoms with E-state index in [4.69, 9.17) is 16.3 Å². The summed E-state index contributed by atoms with van der Waals surface area (Å²) in [7, 11) is -2.12. The molecule has 1 amide bonds. The van der Waals surface area contributed by atoms with Crippen molar-refractivity contribution in [2.75, 3.05) is 33.3 Å². The lowest BCUT2D eigenvalue weighted by Crippen LogP contribution is -2.37. The number of ether oxygens (including phenoxy) is 1. The van der Waals surface area contributed by atoms with Gasteiger partial charge in [-0.15, -0.1) is 0 Å². The molecule has 0 aliphatic carbocycles. The normalized spacial score (nSPS) is 22.4. The highest BCUT2D eigenvalue weighted by Crippen LogP contribution is 2.38. The Balaban J connectivity index is 1.65. The second-order valence-electron chi connectivity index (χ2n) is 7.79. The molecule has 4 rings (SSSR count). The Labute approximate surface area is 182 Å². The van der Waals surface area contributed by atoms with Crippen molar-refractivity contribution >= 4 is 27.5 Å². The van der Waals surface area contributed by atoms with E-state index in [9.17, 15) is 13.2 Å². The van der Waals surface area contributed by atoms with Crippen LogP contribution in [0.1, 0.15) is 24.3 Å². The van der Waals surface area contributed by atoms with Gasteiger partial charge in [-0.3, -0.25) is 4.79 Å². The Hall–Kier alpha value is -2.09. The van der Waals surface area contributed by atoms with E-state index < -0.39 is 15.9 Å². The molecule has 0 bridgehead atoms. The van der Waals surface area contributed by atoms with E-state index >= 15 is 0 Å². The number of halogens is 1. The van der Waals surface area contributed by atoms with Gasteiger partial charge in [-0.2, -0.15) is 4.31 Å². The van der Waals surface area contributed by atoms with Crippen molar-refractivity contribution in [1.82, 2.24) is 9.21 Å². The molecule has 8 heteroatoms. The molecule has 2 aliphatic rings. The van der Waals surface area contributed by atoms with E-state index in [1.165, 1.54) is 16.4 Å². The van der Waals surface area contributed by atoms with Crippen LogP contribution in [0.15, 0.2) is 53.4 Å². The van der Waals surface area contributed by atoms with Crippen LogP contribution in [0.2, 0.25) is 5.02 Å². The highest BCUT2D eigenvalue weighted by Gasteiger charge is 2.45. The van der Waals surface area contributed by atoms with Gasteiger partial charge < -0.3 is 9.64 Å². The molecular weight excluding hydrogens is 424 g/mol. The zero-order chi connectivity index (χ0) is 21.3. The standard InChI is InChI=1S/C22H25ClN2O4S/c1-29-18-8-4-16(5-9-18)20-14-25(15-21(20)22(26)24-12-2-3-13-24)30(27,28)19-10-6-17(23)7-11-19/h4-11,20-21H,2-3,12-15H2,1H3. The number of carbonyl (C=O) groups is 1. The summed E-state index contributed by atoms with van der Waals surface area (Å²) >= 11 is 5.92. The predicted molar refractivity (Wildman–Crippen MR) is 115 cm³/mol. The first kappa shape index (κ1) is 21.2. The summed E-state index contributed by atoms with van der Waals surface area (Å²) in [6.45, 7) is 1.93. The Kier molecular flexibility index (Phi) is 6.04. The number of hydrogen-bond acceptors (Lipinski definition) is 4. The highest BCUT2D eigenvalue weighted by atomic mass is 35.5. The molecule has 30 heavy (non-hydrogen) atoms. The monoisotopic (exact) mass is 448 g/mol. The predicted octanol–water partition coefficient (Wildman–Crippen LogP) is 3.38. The summed E-state index contributed by atoms with van der Waals surface area (Å²) in [5.41, 5.74) is 0.946. The molecule has 2 aromatic rings. The number of methoxy groups -OCH3 is 1. The van der Waals surface area contributed by atoms with Crippen LogP contribution in [0.5, 0.6) is 5.75 Å². The minimum atomic E-state index is -3.72. The molecule has 0 aromatic heterocycles. The van der Waals surface area contributed by atoms with Crippen LogP contribution < -0.4 is 4.74 Å². The lowest BCUT2D eigenvalue weighted by molar-refractivity contribution is -0.134. The molecule has 6 nitrogen and oxygen atoms in total. The third kappa shape index (κ3) is 4.06. The molecule has 2 unspecified atom stereocenters. The van der Waals surface area contributed by atoms with Gasteiger partial charge >= 0.3 is 0 Å². The minimum absolute atomic E-state index is 0.0436. The van der Waals surface area contributed by atoms with Gasteiger partial charge in [0.15, 0.2) is 0 Å². The Morgan fingerprint density at radius 2 is 1.63 bits per heavy atom. The van der Waals surface area contributed by atoms with Crippen LogP contribution >= 0.6 is 11.6 Å². The lowest BCUT2D eigenvalue weighted by atomic mass is 9.88. The number of carbonyl (C=O) groups excluding carboxylic acids is 1. The summed E-state index contributed by atoms with van der Waals surface area (Å²) in [5, 5.41) is 0.480. The van der Waals surface area contributed by atoms with E-state index in [1.807, 2.05) is 29.2 Å².